The Labute approximate surface area is 218 Å². The molecule has 5 rings (SSSR count). The number of ether oxygens (including phenoxy) is 2. The van der Waals surface area contributed by atoms with Gasteiger partial charge in [-0.15, -0.1) is 0 Å². The quantitative estimate of drug-likeness (QED) is 0.447. The number of allylic oxidation sites excluding steroid dienone is 2. The second-order valence-corrected chi connectivity index (χ2v) is 14.9. The van der Waals surface area contributed by atoms with Gasteiger partial charge in [0, 0.05) is 14.2 Å². The lowest BCUT2D eigenvalue weighted by atomic mass is 9.34. The minimum Gasteiger partial charge on any atom is -0.481 e. The number of aliphatic hydroxyl groups excluding tert-OH is 1. The minimum atomic E-state index is -0.830. The topological polar surface area (TPSA) is 76.0 Å². The molecule has 2 N–H and O–H groups in total. The van der Waals surface area contributed by atoms with Crippen LogP contribution >= 0.6 is 0 Å². The van der Waals surface area contributed by atoms with Crippen molar-refractivity contribution < 1.29 is 24.5 Å². The number of aliphatic carboxylic acids is 1. The van der Waals surface area contributed by atoms with Crippen molar-refractivity contribution in [1.29, 1.82) is 0 Å². The fraction of sp³-hybridized carbons (Fsp3) is 0.903. The predicted molar refractivity (Wildman–Crippen MR) is 140 cm³/mol. The minimum absolute atomic E-state index is 0.0168. The van der Waals surface area contributed by atoms with E-state index in [9.17, 15) is 15.0 Å². The molecule has 5 heteroatoms. The van der Waals surface area contributed by atoms with Crippen LogP contribution in [0.3, 0.4) is 0 Å². The first-order valence-corrected chi connectivity index (χ1v) is 14.4. The summed E-state index contributed by atoms with van der Waals surface area (Å²) in [5.41, 5.74) is 0.191. The molecule has 0 radical (unpaired) electrons. The van der Waals surface area contributed by atoms with Gasteiger partial charge in [-0.2, -0.15) is 0 Å². The van der Waals surface area contributed by atoms with Gasteiger partial charge >= 0.3 is 5.97 Å². The summed E-state index contributed by atoms with van der Waals surface area (Å²) < 4.78 is 12.3. The largest absolute Gasteiger partial charge is 0.481 e. The molecule has 0 saturated heterocycles. The van der Waals surface area contributed by atoms with Crippen LogP contribution in [0.15, 0.2) is 11.6 Å². The smallest absolute Gasteiger partial charge is 0.312 e. The van der Waals surface area contributed by atoms with Crippen LogP contribution in [0.2, 0.25) is 0 Å². The fourth-order valence-corrected chi connectivity index (χ4v) is 10.9. The van der Waals surface area contributed by atoms with Gasteiger partial charge in [0.2, 0.25) is 0 Å². The first-order chi connectivity index (χ1) is 16.7. The molecule has 0 heterocycles. The van der Waals surface area contributed by atoms with E-state index in [-0.39, 0.29) is 33.7 Å². The number of aliphatic hydroxyl groups is 1. The Hall–Kier alpha value is -0.910. The highest BCUT2D eigenvalue weighted by Gasteiger charge is 2.72. The standard InChI is InChI=1S/C31H50O5/c1-26(2)15-16-31(25(33)34)20(17-26)19-9-10-21-27(3)13-12-23(32)30(6,36-8)22(27)11-14-28(21,4)29(19,5)18-24(31)35-7/h9,20-24,32H,10-18H2,1-8H3,(H,33,34)/t20?,21?,22-,23+,24?,27?,28+,29-,30-,31-/m1/s1. The number of carbonyl (C=O) groups is 1. The zero-order valence-electron chi connectivity index (χ0n) is 23.9. The number of carboxylic acids is 1. The molecule has 5 aliphatic carbocycles. The number of carboxylic acid groups (broad SMARTS) is 1. The molecular weight excluding hydrogens is 452 g/mol. The van der Waals surface area contributed by atoms with E-state index in [4.69, 9.17) is 9.47 Å². The Balaban J connectivity index is 1.64. The molecule has 0 aromatic rings. The molecule has 5 aliphatic rings. The average molecular weight is 503 g/mol. The summed E-state index contributed by atoms with van der Waals surface area (Å²) in [7, 11) is 3.50. The zero-order valence-corrected chi connectivity index (χ0v) is 23.9. The molecule has 5 nitrogen and oxygen atoms in total. The molecule has 0 aromatic heterocycles. The molecular formula is C31H50O5. The molecule has 204 valence electrons. The van der Waals surface area contributed by atoms with Crippen molar-refractivity contribution in [3.63, 3.8) is 0 Å². The maximum atomic E-state index is 13.1. The maximum Gasteiger partial charge on any atom is 0.312 e. The third-order valence-corrected chi connectivity index (χ3v) is 13.4. The summed E-state index contributed by atoms with van der Waals surface area (Å²) in [6, 6.07) is 0. The van der Waals surface area contributed by atoms with Gasteiger partial charge in [-0.25, -0.2) is 0 Å². The molecule has 36 heavy (non-hydrogen) atoms. The molecule has 4 unspecified atom stereocenters. The van der Waals surface area contributed by atoms with Gasteiger partial charge in [-0.3, -0.25) is 4.79 Å². The maximum absolute atomic E-state index is 13.1. The van der Waals surface area contributed by atoms with Crippen molar-refractivity contribution in [2.24, 2.45) is 44.8 Å². The van der Waals surface area contributed by atoms with Crippen LogP contribution in [0.5, 0.6) is 0 Å². The number of hydrogen-bond donors (Lipinski definition) is 2. The lowest BCUT2D eigenvalue weighted by molar-refractivity contribution is -0.248. The van der Waals surface area contributed by atoms with E-state index in [1.807, 2.05) is 0 Å². The van der Waals surface area contributed by atoms with Crippen molar-refractivity contribution >= 4 is 5.97 Å². The highest BCUT2D eigenvalue weighted by atomic mass is 16.5. The van der Waals surface area contributed by atoms with Gasteiger partial charge in [0.1, 0.15) is 5.41 Å². The van der Waals surface area contributed by atoms with Crippen molar-refractivity contribution in [3.05, 3.63) is 11.6 Å². The molecule has 0 spiro atoms. The molecule has 4 saturated carbocycles. The summed E-state index contributed by atoms with van der Waals surface area (Å²) in [4.78, 5) is 13.1. The van der Waals surface area contributed by atoms with Crippen LogP contribution in [0.25, 0.3) is 0 Å². The van der Waals surface area contributed by atoms with E-state index < -0.39 is 23.1 Å². The van der Waals surface area contributed by atoms with Gasteiger partial charge in [0.15, 0.2) is 0 Å². The lowest BCUT2D eigenvalue weighted by Gasteiger charge is -2.71. The first kappa shape index (κ1) is 26.7. The van der Waals surface area contributed by atoms with Gasteiger partial charge in [0.25, 0.3) is 0 Å². The van der Waals surface area contributed by atoms with Crippen molar-refractivity contribution in [2.45, 2.75) is 117 Å². The van der Waals surface area contributed by atoms with Gasteiger partial charge in [-0.1, -0.05) is 46.3 Å². The van der Waals surface area contributed by atoms with Gasteiger partial charge < -0.3 is 19.7 Å². The van der Waals surface area contributed by atoms with E-state index in [0.717, 1.165) is 51.4 Å². The summed E-state index contributed by atoms with van der Waals surface area (Å²) in [5, 5.41) is 21.7. The summed E-state index contributed by atoms with van der Waals surface area (Å²) in [5.74, 6) is 0.121. The normalized spacial score (nSPS) is 53.8. The Bertz CT molecular complexity index is 957. The summed E-state index contributed by atoms with van der Waals surface area (Å²) in [6.45, 7) is 14.2. The molecule has 0 aromatic carbocycles. The second-order valence-electron chi connectivity index (χ2n) is 14.9. The van der Waals surface area contributed by atoms with Crippen molar-refractivity contribution in [2.75, 3.05) is 14.2 Å². The van der Waals surface area contributed by atoms with Crippen molar-refractivity contribution in [1.82, 2.24) is 0 Å². The summed E-state index contributed by atoms with van der Waals surface area (Å²) in [6.07, 6.45) is 9.98. The predicted octanol–water partition coefficient (Wildman–Crippen LogP) is 6.24. The third-order valence-electron chi connectivity index (χ3n) is 13.4. The molecule has 0 amide bonds. The number of methoxy groups -OCH3 is 2. The Kier molecular flexibility index (Phi) is 5.97. The van der Waals surface area contributed by atoms with Gasteiger partial charge in [-0.05, 0) is 104 Å². The highest BCUT2D eigenvalue weighted by Crippen LogP contribution is 2.75. The zero-order chi connectivity index (χ0) is 26.5. The SMILES string of the molecule is COC1C[C@]2(C)C(=CCC3C4(C)CC[C@H](O)[C@](C)(OC)[C@@H]4CC[C@@]32C)C2CC(C)(C)CC[C@]12C(=O)O. The molecule has 10 atom stereocenters. The van der Waals surface area contributed by atoms with Gasteiger partial charge in [0.05, 0.1) is 17.8 Å². The fourth-order valence-electron chi connectivity index (χ4n) is 10.9. The van der Waals surface area contributed by atoms with E-state index in [0.29, 0.717) is 18.3 Å². The van der Waals surface area contributed by atoms with Crippen LogP contribution in [0, 0.1) is 44.8 Å². The first-order valence-electron chi connectivity index (χ1n) is 14.4. The van der Waals surface area contributed by atoms with Crippen LogP contribution in [0.1, 0.15) is 99.3 Å². The van der Waals surface area contributed by atoms with Crippen LogP contribution in [-0.2, 0) is 14.3 Å². The monoisotopic (exact) mass is 502 g/mol. The number of rotatable bonds is 3. The van der Waals surface area contributed by atoms with E-state index >= 15 is 0 Å². The Morgan fingerprint density at radius 2 is 1.64 bits per heavy atom. The molecule has 0 bridgehead atoms. The number of hydrogen-bond acceptors (Lipinski definition) is 4. The average Bonchev–Trinajstić information content (AvgIpc) is 2.81. The highest BCUT2D eigenvalue weighted by molar-refractivity contribution is 5.77. The Morgan fingerprint density at radius 3 is 2.25 bits per heavy atom. The molecule has 4 fully saturated rings. The lowest BCUT2D eigenvalue weighted by Crippen LogP contribution is -2.69. The van der Waals surface area contributed by atoms with Crippen LogP contribution in [0.4, 0.5) is 0 Å². The van der Waals surface area contributed by atoms with E-state index in [1.165, 1.54) is 5.57 Å². The Morgan fingerprint density at radius 1 is 0.944 bits per heavy atom. The third kappa shape index (κ3) is 3.09. The number of fused-ring (bicyclic) bond motifs is 7. The van der Waals surface area contributed by atoms with Crippen LogP contribution in [-0.4, -0.2) is 48.2 Å². The van der Waals surface area contributed by atoms with E-state index in [1.54, 1.807) is 14.2 Å². The summed E-state index contributed by atoms with van der Waals surface area (Å²) >= 11 is 0. The second kappa shape index (κ2) is 8.05. The van der Waals surface area contributed by atoms with Crippen molar-refractivity contribution in [3.8, 4) is 0 Å². The van der Waals surface area contributed by atoms with Crippen LogP contribution < -0.4 is 0 Å². The molecule has 0 aliphatic heterocycles. The van der Waals surface area contributed by atoms with E-state index in [2.05, 4.69) is 47.6 Å².